The van der Waals surface area contributed by atoms with Crippen molar-refractivity contribution >= 4 is 7.85 Å². The number of ether oxygens (including phenoxy) is 1. The molecule has 1 aliphatic heterocycles. The fraction of sp³-hybridized carbons (Fsp3) is 1.00. The van der Waals surface area contributed by atoms with Crippen LogP contribution in [0.25, 0.3) is 0 Å². The van der Waals surface area contributed by atoms with Crippen molar-refractivity contribution in [2.24, 2.45) is 0 Å². The molecule has 4 nitrogen and oxygen atoms in total. The van der Waals surface area contributed by atoms with Crippen LogP contribution in [0.15, 0.2) is 0 Å². The summed E-state index contributed by atoms with van der Waals surface area (Å²) in [6.07, 6.45) is -3.02. The molecular weight excluding hydrogens is 147 g/mol. The maximum Gasteiger partial charge on any atom is 0.117 e. The molecule has 11 heavy (non-hydrogen) atoms. The lowest BCUT2D eigenvalue weighted by molar-refractivity contribution is -0.0333. The first-order chi connectivity index (χ1) is 4.99. The Labute approximate surface area is 66.2 Å². The molecule has 62 valence electrons. The van der Waals surface area contributed by atoms with E-state index >= 15 is 0 Å². The summed E-state index contributed by atoms with van der Waals surface area (Å²) in [6.45, 7) is 1.11. The highest BCUT2D eigenvalue weighted by Crippen LogP contribution is 2.27. The Bertz CT molecular complexity index is 150. The second-order valence-electron chi connectivity index (χ2n) is 2.96. The quantitative estimate of drug-likeness (QED) is 0.385. The van der Waals surface area contributed by atoms with E-state index in [9.17, 15) is 10.2 Å². The molecule has 2 radical (unpaired) electrons. The molecule has 3 N–H and O–H groups in total. The van der Waals surface area contributed by atoms with Crippen LogP contribution in [-0.2, 0) is 4.74 Å². The zero-order valence-corrected chi connectivity index (χ0v) is 6.27. The van der Waals surface area contributed by atoms with Gasteiger partial charge in [-0.05, 0) is 6.92 Å². The molecule has 1 rings (SSSR count). The summed E-state index contributed by atoms with van der Waals surface area (Å²) < 4.78 is 4.95. The van der Waals surface area contributed by atoms with Crippen LogP contribution in [0.4, 0.5) is 0 Å². The van der Waals surface area contributed by atoms with Crippen molar-refractivity contribution < 1.29 is 20.1 Å². The fourth-order valence-electron chi connectivity index (χ4n) is 1.15. The lowest BCUT2D eigenvalue weighted by Gasteiger charge is -2.22. The van der Waals surface area contributed by atoms with Crippen LogP contribution in [0, 0.1) is 0 Å². The van der Waals surface area contributed by atoms with Crippen LogP contribution in [0.5, 0.6) is 0 Å². The van der Waals surface area contributed by atoms with Gasteiger partial charge in [0.1, 0.15) is 26.2 Å². The number of aliphatic hydroxyl groups is 3. The smallest absolute Gasteiger partial charge is 0.117 e. The Kier molecular flexibility index (Phi) is 2.25. The molecule has 0 aromatic carbocycles. The fourth-order valence-corrected chi connectivity index (χ4v) is 1.15. The molecule has 1 fully saturated rings. The molecule has 0 amide bonds. The topological polar surface area (TPSA) is 69.9 Å². The van der Waals surface area contributed by atoms with Crippen LogP contribution < -0.4 is 0 Å². The van der Waals surface area contributed by atoms with Crippen molar-refractivity contribution in [1.82, 2.24) is 0 Å². The summed E-state index contributed by atoms with van der Waals surface area (Å²) in [4.78, 5) is 0. The lowest BCUT2D eigenvalue weighted by Crippen LogP contribution is -2.40. The second kappa shape index (κ2) is 2.75. The van der Waals surface area contributed by atoms with Crippen molar-refractivity contribution in [3.63, 3.8) is 0 Å². The van der Waals surface area contributed by atoms with E-state index in [1.165, 1.54) is 6.92 Å². The molecule has 1 heterocycles. The van der Waals surface area contributed by atoms with Crippen molar-refractivity contribution in [3.8, 4) is 0 Å². The summed E-state index contributed by atoms with van der Waals surface area (Å²) in [6, 6.07) is 0. The van der Waals surface area contributed by atoms with Gasteiger partial charge in [0.2, 0.25) is 0 Å². The number of aliphatic hydroxyl groups excluding tert-OH is 3. The van der Waals surface area contributed by atoms with E-state index in [1.54, 1.807) is 0 Å². The summed E-state index contributed by atoms with van der Waals surface area (Å²) >= 11 is 0. The summed E-state index contributed by atoms with van der Waals surface area (Å²) in [7, 11) is 5.43. The molecule has 1 unspecified atom stereocenters. The number of hydrogen-bond acceptors (Lipinski definition) is 4. The summed E-state index contributed by atoms with van der Waals surface area (Å²) in [5, 5.41) is 27.0. The summed E-state index contributed by atoms with van der Waals surface area (Å²) in [5.41, 5.74) is -1.26. The Hall–Kier alpha value is -0.0951. The molecule has 1 aliphatic rings. The van der Waals surface area contributed by atoms with E-state index in [4.69, 9.17) is 17.7 Å². The van der Waals surface area contributed by atoms with Gasteiger partial charge in [-0.15, -0.1) is 0 Å². The Morgan fingerprint density at radius 1 is 1.55 bits per heavy atom. The average Bonchev–Trinajstić information content (AvgIpc) is 2.13. The second-order valence-corrected chi connectivity index (χ2v) is 2.96. The number of hydrogen-bond donors (Lipinski definition) is 3. The van der Waals surface area contributed by atoms with Crippen LogP contribution >= 0.6 is 0 Å². The van der Waals surface area contributed by atoms with Crippen LogP contribution in [0.2, 0.25) is 0 Å². The third-order valence-electron chi connectivity index (χ3n) is 1.88. The lowest BCUT2D eigenvalue weighted by atomic mass is 9.78. The molecule has 0 saturated carbocycles. The van der Waals surface area contributed by atoms with E-state index in [0.29, 0.717) is 0 Å². The predicted octanol–water partition coefficient (Wildman–Crippen LogP) is -2.02. The standard InChI is InChI=1S/C6H11BO4/c1-6(7)5(10)4(9)3(2-8)11-6/h3-5,8-10H,2H2,1H3/t3-,4?,5+,6-/m1/s1. The predicted molar refractivity (Wildman–Crippen MR) is 38.1 cm³/mol. The first kappa shape index (κ1) is 9.00. The van der Waals surface area contributed by atoms with Gasteiger partial charge in [-0.2, -0.15) is 0 Å². The maximum atomic E-state index is 9.22. The van der Waals surface area contributed by atoms with Gasteiger partial charge in [0.05, 0.1) is 12.1 Å². The van der Waals surface area contributed by atoms with Crippen molar-refractivity contribution in [2.75, 3.05) is 6.61 Å². The Morgan fingerprint density at radius 3 is 2.27 bits per heavy atom. The minimum absolute atomic E-state index is 0.342. The normalized spacial score (nSPS) is 51.5. The van der Waals surface area contributed by atoms with Crippen LogP contribution in [0.3, 0.4) is 0 Å². The minimum Gasteiger partial charge on any atom is -0.394 e. The minimum atomic E-state index is -1.26. The molecule has 0 aliphatic carbocycles. The molecule has 0 spiro atoms. The first-order valence-electron chi connectivity index (χ1n) is 3.42. The molecular formula is C6H11BO4. The van der Waals surface area contributed by atoms with Crippen molar-refractivity contribution in [3.05, 3.63) is 0 Å². The molecule has 5 heteroatoms. The Morgan fingerprint density at radius 2 is 2.09 bits per heavy atom. The van der Waals surface area contributed by atoms with Gasteiger partial charge in [-0.25, -0.2) is 0 Å². The van der Waals surface area contributed by atoms with E-state index in [2.05, 4.69) is 0 Å². The zero-order chi connectivity index (χ0) is 8.65. The summed E-state index contributed by atoms with van der Waals surface area (Å²) in [5.74, 6) is 0. The van der Waals surface area contributed by atoms with Crippen molar-refractivity contribution in [2.45, 2.75) is 30.7 Å². The van der Waals surface area contributed by atoms with Gasteiger partial charge in [0.15, 0.2) is 0 Å². The highest BCUT2D eigenvalue weighted by molar-refractivity contribution is 6.15. The van der Waals surface area contributed by atoms with Gasteiger partial charge in [-0.1, -0.05) is 0 Å². The van der Waals surface area contributed by atoms with Gasteiger partial charge >= 0.3 is 0 Å². The van der Waals surface area contributed by atoms with Gasteiger partial charge in [0.25, 0.3) is 0 Å². The largest absolute Gasteiger partial charge is 0.394 e. The SMILES string of the molecule is [B][C@]1(C)O[C@H](CO)C(O)[C@@H]1O. The highest BCUT2D eigenvalue weighted by Gasteiger charge is 2.46. The monoisotopic (exact) mass is 158 g/mol. The molecule has 4 atom stereocenters. The molecule has 0 bridgehead atoms. The maximum absolute atomic E-state index is 9.22. The average molecular weight is 158 g/mol. The van der Waals surface area contributed by atoms with Crippen LogP contribution in [-0.4, -0.2) is 53.6 Å². The van der Waals surface area contributed by atoms with Gasteiger partial charge in [-0.3, -0.25) is 0 Å². The third kappa shape index (κ3) is 1.42. The van der Waals surface area contributed by atoms with E-state index in [-0.39, 0.29) is 6.61 Å². The van der Waals surface area contributed by atoms with E-state index in [0.717, 1.165) is 0 Å². The third-order valence-corrected chi connectivity index (χ3v) is 1.88. The van der Waals surface area contributed by atoms with E-state index < -0.39 is 23.8 Å². The molecule has 1 saturated heterocycles. The van der Waals surface area contributed by atoms with Gasteiger partial charge in [0, 0.05) is 0 Å². The van der Waals surface area contributed by atoms with Crippen molar-refractivity contribution in [1.29, 1.82) is 0 Å². The Balaban J connectivity index is 2.69. The first-order valence-corrected chi connectivity index (χ1v) is 3.42. The zero-order valence-electron chi connectivity index (χ0n) is 6.27. The highest BCUT2D eigenvalue weighted by atomic mass is 16.6. The molecule has 0 aromatic rings. The van der Waals surface area contributed by atoms with Crippen LogP contribution in [0.1, 0.15) is 6.92 Å². The molecule has 0 aromatic heterocycles. The number of rotatable bonds is 1. The van der Waals surface area contributed by atoms with E-state index in [1.807, 2.05) is 0 Å². The van der Waals surface area contributed by atoms with Gasteiger partial charge < -0.3 is 20.1 Å².